The zero-order chi connectivity index (χ0) is 30.8. The van der Waals surface area contributed by atoms with Gasteiger partial charge in [0.1, 0.15) is 0 Å². The van der Waals surface area contributed by atoms with Crippen molar-refractivity contribution in [3.63, 3.8) is 0 Å². The molecule has 0 radical (unpaired) electrons. The van der Waals surface area contributed by atoms with Gasteiger partial charge in [0.2, 0.25) is 0 Å². The van der Waals surface area contributed by atoms with E-state index < -0.39 is 0 Å². The van der Waals surface area contributed by atoms with E-state index in [-0.39, 0.29) is 18.5 Å². The van der Waals surface area contributed by atoms with E-state index >= 15 is 0 Å². The number of anilines is 3. The van der Waals surface area contributed by atoms with Crippen LogP contribution < -0.4 is 15.1 Å². The van der Waals surface area contributed by atoms with Gasteiger partial charge < -0.3 is 29.3 Å². The Bertz CT molecular complexity index is 1150. The lowest BCUT2D eigenvalue weighted by molar-refractivity contribution is -0.147. The van der Waals surface area contributed by atoms with Gasteiger partial charge in [-0.1, -0.05) is 84.0 Å². The highest BCUT2D eigenvalue weighted by Gasteiger charge is 2.24. The normalized spacial score (nSPS) is 15.5. The molecule has 2 aliphatic rings. The molecule has 4 rings (SSSR count). The third-order valence-corrected chi connectivity index (χ3v) is 8.38. The van der Waals surface area contributed by atoms with E-state index in [2.05, 4.69) is 22.0 Å². The Hall–Kier alpha value is -2.98. The molecule has 0 saturated carbocycles. The predicted molar refractivity (Wildman–Crippen MR) is 176 cm³/mol. The molecule has 2 aliphatic heterocycles. The molecule has 0 bridgehead atoms. The number of morpholine rings is 2. The van der Waals surface area contributed by atoms with Gasteiger partial charge in [-0.15, -0.1) is 0 Å². The summed E-state index contributed by atoms with van der Waals surface area (Å²) in [4.78, 5) is 39.1. The molecular weight excluding hydrogens is 558 g/mol. The molecule has 1 aromatic carbocycles. The van der Waals surface area contributed by atoms with Gasteiger partial charge in [-0.2, -0.15) is 0 Å². The number of esters is 1. The first-order valence-electron chi connectivity index (χ1n) is 17.1. The molecule has 10 nitrogen and oxygen atoms in total. The van der Waals surface area contributed by atoms with Gasteiger partial charge in [0.15, 0.2) is 18.2 Å². The summed E-state index contributed by atoms with van der Waals surface area (Å²) in [6.45, 7) is 7.62. The lowest BCUT2D eigenvalue weighted by atomic mass is 10.0. The van der Waals surface area contributed by atoms with Crippen LogP contribution in [0.25, 0.3) is 11.0 Å². The number of hydrogen-bond acceptors (Lipinski definition) is 9. The van der Waals surface area contributed by atoms with Crippen molar-refractivity contribution in [1.29, 1.82) is 0 Å². The molecule has 0 atom stereocenters. The fraction of sp³-hybridized carbons (Fsp3) is 0.706. The average Bonchev–Trinajstić information content (AvgIpc) is 3.06. The van der Waals surface area contributed by atoms with Gasteiger partial charge >= 0.3 is 5.97 Å². The van der Waals surface area contributed by atoms with E-state index in [9.17, 15) is 9.59 Å². The average molecular weight is 612 g/mol. The van der Waals surface area contributed by atoms with E-state index in [0.717, 1.165) is 62.6 Å². The maximum Gasteiger partial charge on any atom is 0.306 e. The van der Waals surface area contributed by atoms with Crippen LogP contribution in [-0.2, 0) is 23.8 Å². The summed E-state index contributed by atoms with van der Waals surface area (Å²) >= 11 is 0. The van der Waals surface area contributed by atoms with E-state index in [1.165, 1.54) is 64.2 Å². The van der Waals surface area contributed by atoms with Crippen molar-refractivity contribution in [3.8, 4) is 0 Å². The number of unbranched alkanes of at least 4 members (excludes halogenated alkanes) is 12. The van der Waals surface area contributed by atoms with Crippen molar-refractivity contribution in [2.24, 2.45) is 0 Å². The molecule has 2 saturated heterocycles. The van der Waals surface area contributed by atoms with Crippen LogP contribution in [0.5, 0.6) is 0 Å². The monoisotopic (exact) mass is 611 g/mol. The molecule has 1 amide bonds. The Morgan fingerprint density at radius 2 is 1.23 bits per heavy atom. The van der Waals surface area contributed by atoms with E-state index in [1.807, 2.05) is 18.2 Å². The number of aromatic nitrogens is 2. The lowest BCUT2D eigenvalue weighted by Gasteiger charge is -2.34. The van der Waals surface area contributed by atoms with Gasteiger partial charge in [-0.05, 0) is 24.6 Å². The molecule has 0 unspecified atom stereocenters. The van der Waals surface area contributed by atoms with Crippen LogP contribution in [0, 0.1) is 0 Å². The molecule has 0 aliphatic carbocycles. The number of hydrogen-bond donors (Lipinski definition) is 1. The third kappa shape index (κ3) is 11.5. The van der Waals surface area contributed by atoms with Crippen LogP contribution in [0.15, 0.2) is 18.2 Å². The van der Waals surface area contributed by atoms with Gasteiger partial charge in [-0.3, -0.25) is 9.59 Å². The first kappa shape index (κ1) is 33.9. The lowest BCUT2D eigenvalue weighted by Crippen LogP contribution is -2.41. The topological polar surface area (TPSA) is 106 Å². The van der Waals surface area contributed by atoms with Gasteiger partial charge in [-0.25, -0.2) is 9.97 Å². The zero-order valence-electron chi connectivity index (χ0n) is 26.8. The van der Waals surface area contributed by atoms with Crippen molar-refractivity contribution in [2.45, 2.75) is 96.8 Å². The number of fused-ring (bicyclic) bond motifs is 1. The molecule has 0 spiro atoms. The SMILES string of the molecule is CCCCCCCCCCCCCCCC(=O)OCC(=O)Nc1ccc2nc(N3CCOCC3)c(N3CCOCC3)nc2c1. The molecule has 2 fully saturated rings. The summed E-state index contributed by atoms with van der Waals surface area (Å²) in [5.74, 6) is 0.996. The molecule has 2 aromatic rings. The number of nitrogens with one attached hydrogen (secondary N) is 1. The van der Waals surface area contributed by atoms with Crippen LogP contribution in [0.3, 0.4) is 0 Å². The number of benzene rings is 1. The quantitative estimate of drug-likeness (QED) is 0.145. The minimum atomic E-state index is -0.366. The smallest absolute Gasteiger partial charge is 0.306 e. The van der Waals surface area contributed by atoms with Crippen molar-refractivity contribution in [1.82, 2.24) is 9.97 Å². The second-order valence-corrected chi connectivity index (χ2v) is 12.0. The molecule has 244 valence electrons. The van der Waals surface area contributed by atoms with E-state index in [1.54, 1.807) is 0 Å². The van der Waals surface area contributed by atoms with Crippen LogP contribution in [0.1, 0.15) is 96.8 Å². The first-order chi connectivity index (χ1) is 21.6. The largest absolute Gasteiger partial charge is 0.456 e. The molecular formula is C34H53N5O5. The fourth-order valence-corrected chi connectivity index (χ4v) is 5.79. The van der Waals surface area contributed by atoms with Crippen molar-refractivity contribution < 1.29 is 23.8 Å². The highest BCUT2D eigenvalue weighted by atomic mass is 16.5. The summed E-state index contributed by atoms with van der Waals surface area (Å²) in [5, 5.41) is 2.84. The minimum absolute atomic E-state index is 0.296. The first-order valence-corrected chi connectivity index (χ1v) is 17.1. The Morgan fingerprint density at radius 1 is 0.727 bits per heavy atom. The number of amides is 1. The molecule has 1 N–H and O–H groups in total. The van der Waals surface area contributed by atoms with E-state index in [0.29, 0.717) is 44.1 Å². The Kier molecular flexibility index (Phi) is 15.0. The minimum Gasteiger partial charge on any atom is -0.456 e. The molecule has 3 heterocycles. The number of ether oxygens (including phenoxy) is 3. The maximum absolute atomic E-state index is 12.6. The molecule has 44 heavy (non-hydrogen) atoms. The molecule has 1 aromatic heterocycles. The van der Waals surface area contributed by atoms with Crippen LogP contribution in [-0.4, -0.2) is 81.1 Å². The van der Waals surface area contributed by atoms with Gasteiger partial charge in [0.25, 0.3) is 5.91 Å². The highest BCUT2D eigenvalue weighted by molar-refractivity contribution is 5.95. The van der Waals surface area contributed by atoms with Crippen molar-refractivity contribution in [2.75, 3.05) is 74.3 Å². The van der Waals surface area contributed by atoms with Gasteiger partial charge in [0.05, 0.1) is 37.5 Å². The summed E-state index contributed by atoms with van der Waals surface area (Å²) in [6, 6.07) is 5.50. The number of carbonyl (C=O) groups excluding carboxylic acids is 2. The summed E-state index contributed by atoms with van der Waals surface area (Å²) in [5.41, 5.74) is 2.04. The highest BCUT2D eigenvalue weighted by Crippen LogP contribution is 2.30. The van der Waals surface area contributed by atoms with Crippen LogP contribution in [0.2, 0.25) is 0 Å². The number of nitrogens with zero attached hydrogens (tertiary/aromatic N) is 4. The Morgan fingerprint density at radius 3 is 1.77 bits per heavy atom. The Balaban J connectivity index is 1.16. The second-order valence-electron chi connectivity index (χ2n) is 12.0. The fourth-order valence-electron chi connectivity index (χ4n) is 5.79. The summed E-state index contributed by atoms with van der Waals surface area (Å²) in [6.07, 6.45) is 16.7. The summed E-state index contributed by atoms with van der Waals surface area (Å²) in [7, 11) is 0. The number of rotatable bonds is 19. The van der Waals surface area contributed by atoms with Crippen molar-refractivity contribution in [3.05, 3.63) is 18.2 Å². The zero-order valence-corrected chi connectivity index (χ0v) is 26.8. The van der Waals surface area contributed by atoms with Crippen molar-refractivity contribution >= 4 is 40.2 Å². The van der Waals surface area contributed by atoms with E-state index in [4.69, 9.17) is 24.2 Å². The van der Waals surface area contributed by atoms with Gasteiger partial charge in [0, 0.05) is 38.3 Å². The maximum atomic E-state index is 12.6. The number of carbonyl (C=O) groups is 2. The molecule has 10 heteroatoms. The predicted octanol–water partition coefficient (Wildman–Crippen LogP) is 6.27. The Labute approximate surface area is 263 Å². The van der Waals surface area contributed by atoms with Crippen LogP contribution >= 0.6 is 0 Å². The van der Waals surface area contributed by atoms with Crippen LogP contribution in [0.4, 0.5) is 17.3 Å². The standard InChI is InChI=1S/C34H53N5O5/c1-2-3-4-5-6-7-8-9-10-11-12-13-14-15-32(41)44-27-31(40)35-28-16-17-29-30(26-28)37-34(39-20-24-43-25-21-39)33(36-29)38-18-22-42-23-19-38/h16-17,26H,2-15,18-25,27H2,1H3,(H,35,40). The second kappa shape index (κ2) is 19.4. The third-order valence-electron chi connectivity index (χ3n) is 8.38. The summed E-state index contributed by atoms with van der Waals surface area (Å²) < 4.78 is 16.3.